The molecular formula is C15H22N2O3S. The molecule has 0 N–H and O–H groups in total. The highest BCUT2D eigenvalue weighted by molar-refractivity contribution is 7.13. The van der Waals surface area contributed by atoms with Crippen molar-refractivity contribution >= 4 is 11.3 Å². The summed E-state index contributed by atoms with van der Waals surface area (Å²) < 4.78 is 16.1. The molecule has 5 nitrogen and oxygen atoms in total. The van der Waals surface area contributed by atoms with Crippen LogP contribution in [0.2, 0.25) is 0 Å². The van der Waals surface area contributed by atoms with Gasteiger partial charge < -0.3 is 13.9 Å². The van der Waals surface area contributed by atoms with Crippen molar-refractivity contribution in [1.29, 1.82) is 0 Å². The molecule has 0 saturated carbocycles. The summed E-state index contributed by atoms with van der Waals surface area (Å²) in [4.78, 5) is 7.95. The first-order valence-electron chi connectivity index (χ1n) is 6.95. The summed E-state index contributed by atoms with van der Waals surface area (Å²) in [6, 6.07) is 4.02. The van der Waals surface area contributed by atoms with Crippen LogP contribution < -0.4 is 0 Å². The Kier molecular flexibility index (Phi) is 6.38. The Labute approximate surface area is 129 Å². The molecule has 2 rings (SSSR count). The highest BCUT2D eigenvalue weighted by Crippen LogP contribution is 2.26. The molecule has 2 heterocycles. The highest BCUT2D eigenvalue weighted by Gasteiger charge is 2.15. The van der Waals surface area contributed by atoms with Gasteiger partial charge in [0.2, 0.25) is 5.89 Å². The molecule has 0 atom stereocenters. The van der Waals surface area contributed by atoms with Crippen molar-refractivity contribution in [2.24, 2.45) is 0 Å². The Morgan fingerprint density at radius 3 is 2.52 bits per heavy atom. The van der Waals surface area contributed by atoms with Crippen molar-refractivity contribution in [1.82, 2.24) is 9.88 Å². The normalized spacial score (nSPS) is 11.4. The lowest BCUT2D eigenvalue weighted by Gasteiger charge is -2.20. The van der Waals surface area contributed by atoms with Gasteiger partial charge in [0, 0.05) is 33.9 Å². The third-order valence-corrected chi connectivity index (χ3v) is 4.08. The summed E-state index contributed by atoms with van der Waals surface area (Å²) >= 11 is 1.63. The standard InChI is InChI=1S/C15H22N2O3S/c1-12-13(11-17(6-8-18-2)7-9-19-3)16-15(20-12)14-5-4-10-21-14/h4-5,10H,6-9,11H2,1-3H3. The largest absolute Gasteiger partial charge is 0.440 e. The van der Waals surface area contributed by atoms with Crippen molar-refractivity contribution < 1.29 is 13.9 Å². The third-order valence-electron chi connectivity index (χ3n) is 3.22. The van der Waals surface area contributed by atoms with Crippen LogP contribution >= 0.6 is 11.3 Å². The molecule has 0 aliphatic rings. The molecule has 6 heteroatoms. The molecule has 2 aromatic heterocycles. The number of oxazole rings is 1. The summed E-state index contributed by atoms with van der Waals surface area (Å²) in [6.07, 6.45) is 0. The van der Waals surface area contributed by atoms with Gasteiger partial charge >= 0.3 is 0 Å². The van der Waals surface area contributed by atoms with E-state index in [1.165, 1.54) is 0 Å². The first-order valence-corrected chi connectivity index (χ1v) is 7.83. The van der Waals surface area contributed by atoms with E-state index >= 15 is 0 Å². The Bertz CT molecular complexity index is 517. The van der Waals surface area contributed by atoms with Crippen LogP contribution in [0.3, 0.4) is 0 Å². The zero-order chi connectivity index (χ0) is 15.1. The van der Waals surface area contributed by atoms with Crippen molar-refractivity contribution in [3.63, 3.8) is 0 Å². The molecule has 0 saturated heterocycles. The van der Waals surface area contributed by atoms with E-state index in [2.05, 4.69) is 9.88 Å². The van der Waals surface area contributed by atoms with Crippen molar-refractivity contribution in [3.8, 4) is 10.8 Å². The van der Waals surface area contributed by atoms with Gasteiger partial charge in [-0.1, -0.05) is 6.07 Å². The van der Waals surface area contributed by atoms with Crippen LogP contribution in [0, 0.1) is 6.92 Å². The highest BCUT2D eigenvalue weighted by atomic mass is 32.1. The van der Waals surface area contributed by atoms with E-state index in [-0.39, 0.29) is 0 Å². The SMILES string of the molecule is COCCN(CCOC)Cc1nc(-c2cccs2)oc1C. The first kappa shape index (κ1) is 16.2. The van der Waals surface area contributed by atoms with Crippen LogP contribution in [0.15, 0.2) is 21.9 Å². The number of nitrogens with zero attached hydrogens (tertiary/aromatic N) is 2. The number of ether oxygens (including phenoxy) is 2. The molecule has 0 spiro atoms. The van der Waals surface area contributed by atoms with Crippen molar-refractivity contribution in [2.75, 3.05) is 40.5 Å². The van der Waals surface area contributed by atoms with Gasteiger partial charge in [0.25, 0.3) is 0 Å². The van der Waals surface area contributed by atoms with E-state index in [4.69, 9.17) is 13.9 Å². The fraction of sp³-hybridized carbons (Fsp3) is 0.533. The number of rotatable bonds is 9. The molecule has 0 aliphatic carbocycles. The summed E-state index contributed by atoms with van der Waals surface area (Å²) in [5.41, 5.74) is 0.977. The maximum Gasteiger partial charge on any atom is 0.236 e. The number of aryl methyl sites for hydroxylation is 1. The van der Waals surface area contributed by atoms with Crippen LogP contribution in [0.1, 0.15) is 11.5 Å². The zero-order valence-electron chi connectivity index (χ0n) is 12.8. The molecule has 0 fully saturated rings. The van der Waals surface area contributed by atoms with E-state index in [9.17, 15) is 0 Å². The van der Waals surface area contributed by atoms with Crippen LogP contribution in [0.4, 0.5) is 0 Å². The molecule has 0 amide bonds. The number of methoxy groups -OCH3 is 2. The minimum absolute atomic E-state index is 0.693. The van der Waals surface area contributed by atoms with Gasteiger partial charge in [-0.2, -0.15) is 0 Å². The van der Waals surface area contributed by atoms with E-state index in [0.717, 1.165) is 36.0 Å². The zero-order valence-corrected chi connectivity index (χ0v) is 13.6. The molecule has 2 aromatic rings. The molecule has 21 heavy (non-hydrogen) atoms. The van der Waals surface area contributed by atoms with Gasteiger partial charge in [-0.25, -0.2) is 4.98 Å². The monoisotopic (exact) mass is 310 g/mol. The fourth-order valence-corrected chi connectivity index (χ4v) is 2.65. The van der Waals surface area contributed by atoms with E-state index in [0.29, 0.717) is 19.1 Å². The second-order valence-corrected chi connectivity index (χ2v) is 5.71. The van der Waals surface area contributed by atoms with Gasteiger partial charge in [-0.15, -0.1) is 11.3 Å². The summed E-state index contributed by atoms with van der Waals surface area (Å²) in [6.45, 7) is 5.79. The number of hydrogen-bond donors (Lipinski definition) is 0. The predicted octanol–water partition coefficient (Wildman–Crippen LogP) is 2.81. The molecule has 116 valence electrons. The Morgan fingerprint density at radius 1 is 1.24 bits per heavy atom. The second kappa shape index (κ2) is 8.29. The average Bonchev–Trinajstić information content (AvgIpc) is 3.12. The van der Waals surface area contributed by atoms with Crippen molar-refractivity contribution in [2.45, 2.75) is 13.5 Å². The molecule has 0 radical (unpaired) electrons. The van der Waals surface area contributed by atoms with Gasteiger partial charge in [0.1, 0.15) is 5.76 Å². The van der Waals surface area contributed by atoms with Gasteiger partial charge in [-0.05, 0) is 18.4 Å². The van der Waals surface area contributed by atoms with Crippen LogP contribution in [0.25, 0.3) is 10.8 Å². The Morgan fingerprint density at radius 2 is 1.95 bits per heavy atom. The molecule has 0 unspecified atom stereocenters. The number of thiophene rings is 1. The summed E-state index contributed by atoms with van der Waals surface area (Å²) in [7, 11) is 3.43. The topological polar surface area (TPSA) is 47.7 Å². The predicted molar refractivity (Wildman–Crippen MR) is 83.6 cm³/mol. The minimum atomic E-state index is 0.693. The second-order valence-electron chi connectivity index (χ2n) is 4.76. The molecular weight excluding hydrogens is 288 g/mol. The van der Waals surface area contributed by atoms with Gasteiger partial charge in [0.05, 0.1) is 23.8 Å². The van der Waals surface area contributed by atoms with Crippen LogP contribution in [0.5, 0.6) is 0 Å². The van der Waals surface area contributed by atoms with Crippen molar-refractivity contribution in [3.05, 3.63) is 29.0 Å². The Hall–Kier alpha value is -1.21. The van der Waals surface area contributed by atoms with Gasteiger partial charge in [0.15, 0.2) is 0 Å². The molecule has 0 aliphatic heterocycles. The lowest BCUT2D eigenvalue weighted by Crippen LogP contribution is -2.30. The first-order chi connectivity index (χ1) is 10.2. The molecule has 0 aromatic carbocycles. The number of hydrogen-bond acceptors (Lipinski definition) is 6. The average molecular weight is 310 g/mol. The minimum Gasteiger partial charge on any atom is -0.440 e. The summed E-state index contributed by atoms with van der Waals surface area (Å²) in [5.74, 6) is 1.58. The van der Waals surface area contributed by atoms with E-state index < -0.39 is 0 Å². The lowest BCUT2D eigenvalue weighted by atomic mass is 10.3. The quantitative estimate of drug-likeness (QED) is 0.713. The maximum absolute atomic E-state index is 5.78. The van der Waals surface area contributed by atoms with Crippen LogP contribution in [-0.2, 0) is 16.0 Å². The molecule has 0 bridgehead atoms. The smallest absolute Gasteiger partial charge is 0.236 e. The summed E-state index contributed by atoms with van der Waals surface area (Å²) in [5, 5.41) is 2.03. The van der Waals surface area contributed by atoms with Gasteiger partial charge in [-0.3, -0.25) is 4.90 Å². The fourth-order valence-electron chi connectivity index (χ4n) is 2.00. The third kappa shape index (κ3) is 4.64. The number of aromatic nitrogens is 1. The maximum atomic E-state index is 5.78. The van der Waals surface area contributed by atoms with E-state index in [1.807, 2.05) is 24.4 Å². The van der Waals surface area contributed by atoms with E-state index in [1.54, 1.807) is 25.6 Å². The lowest BCUT2D eigenvalue weighted by molar-refractivity contribution is 0.109. The Balaban J connectivity index is 2.05. The van der Waals surface area contributed by atoms with Crippen LogP contribution in [-0.4, -0.2) is 50.4 Å².